The predicted molar refractivity (Wildman–Crippen MR) is 130 cm³/mol. The fourth-order valence-corrected chi connectivity index (χ4v) is 4.26. The van der Waals surface area contributed by atoms with Gasteiger partial charge in [0.05, 0.1) is 28.3 Å². The number of hydrogen-bond acceptors (Lipinski definition) is 5. The summed E-state index contributed by atoms with van der Waals surface area (Å²) in [6.07, 6.45) is -15.1. The van der Waals surface area contributed by atoms with Crippen molar-refractivity contribution in [2.45, 2.75) is 75.9 Å². The zero-order valence-electron chi connectivity index (χ0n) is 22.2. The summed E-state index contributed by atoms with van der Waals surface area (Å²) in [4.78, 5) is 11.2. The first kappa shape index (κ1) is 33.2. The van der Waals surface area contributed by atoms with Gasteiger partial charge in [0, 0.05) is 18.8 Å². The van der Waals surface area contributed by atoms with Crippen molar-refractivity contribution in [1.29, 1.82) is 0 Å². The van der Waals surface area contributed by atoms with Crippen LogP contribution in [0.15, 0.2) is 36.4 Å². The van der Waals surface area contributed by atoms with Crippen LogP contribution in [0, 0.1) is 0 Å². The fourth-order valence-electron chi connectivity index (χ4n) is 4.26. The molecule has 0 amide bonds. The minimum atomic E-state index is -5.11. The Morgan fingerprint density at radius 1 is 0.900 bits per heavy atom. The highest BCUT2D eigenvalue weighted by atomic mass is 19.4. The molecule has 1 aliphatic rings. The highest BCUT2D eigenvalue weighted by Gasteiger charge is 2.46. The van der Waals surface area contributed by atoms with E-state index in [1.165, 1.54) is 0 Å². The first-order chi connectivity index (χ1) is 17.9. The molecule has 0 spiro atoms. The summed E-state index contributed by atoms with van der Waals surface area (Å²) in [5.74, 6) is 0. The molecule has 4 N–H and O–H groups in total. The molecule has 2 aromatic carbocycles. The molecule has 40 heavy (non-hydrogen) atoms. The number of carbonyl (C=O) groups excluding carboxylic acids is 1. The maximum Gasteiger partial charge on any atom is 0.416 e. The summed E-state index contributed by atoms with van der Waals surface area (Å²) in [6.45, 7) is 7.59. The van der Waals surface area contributed by atoms with Crippen LogP contribution in [-0.4, -0.2) is 25.2 Å². The first-order valence-electron chi connectivity index (χ1n) is 11.8. The van der Waals surface area contributed by atoms with Gasteiger partial charge in [-0.1, -0.05) is 0 Å². The van der Waals surface area contributed by atoms with Gasteiger partial charge in [-0.2, -0.15) is 39.5 Å². The van der Waals surface area contributed by atoms with E-state index in [2.05, 4.69) is 4.74 Å². The Balaban J connectivity index is 0.000000708. The minimum Gasteiger partial charge on any atom is -0.462 e. The van der Waals surface area contributed by atoms with Crippen LogP contribution in [0.25, 0.3) is 0 Å². The molecular weight excluding hydrogens is 557 g/mol. The van der Waals surface area contributed by atoms with Crippen molar-refractivity contribution in [2.24, 2.45) is 11.5 Å². The van der Waals surface area contributed by atoms with Crippen molar-refractivity contribution in [3.63, 3.8) is 0 Å². The molecule has 3 rings (SSSR count). The number of anilines is 1. The van der Waals surface area contributed by atoms with E-state index >= 15 is 0 Å². The number of alkyl halides is 9. The van der Waals surface area contributed by atoms with Gasteiger partial charge in [0.1, 0.15) is 5.60 Å². The number of hydrogen-bond donors (Lipinski definition) is 2. The third kappa shape index (κ3) is 7.59. The van der Waals surface area contributed by atoms with Crippen LogP contribution in [0.3, 0.4) is 0 Å². The van der Waals surface area contributed by atoms with Crippen molar-refractivity contribution in [2.75, 3.05) is 11.9 Å². The largest absolute Gasteiger partial charge is 0.462 e. The van der Waals surface area contributed by atoms with Gasteiger partial charge in [0.15, 0.2) is 0 Å². The minimum absolute atomic E-state index is 0.0492. The van der Waals surface area contributed by atoms with Gasteiger partial charge < -0.3 is 21.1 Å². The molecule has 3 atom stereocenters. The van der Waals surface area contributed by atoms with Gasteiger partial charge in [-0.3, -0.25) is 4.79 Å². The molecule has 1 heterocycles. The lowest BCUT2D eigenvalue weighted by molar-refractivity contribution is -0.143. The van der Waals surface area contributed by atoms with Crippen molar-refractivity contribution >= 4 is 12.2 Å². The number of fused-ring (bicyclic) bond motifs is 1. The Kier molecular flexibility index (Phi) is 9.22. The molecule has 0 aliphatic carbocycles. The van der Waals surface area contributed by atoms with Gasteiger partial charge in [0.2, 0.25) is 0 Å². The third-order valence-corrected chi connectivity index (χ3v) is 6.43. The van der Waals surface area contributed by atoms with E-state index in [1.54, 1.807) is 18.9 Å². The Bertz CT molecular complexity index is 1170. The van der Waals surface area contributed by atoms with E-state index in [-0.39, 0.29) is 29.3 Å². The van der Waals surface area contributed by atoms with Crippen molar-refractivity contribution in [3.05, 3.63) is 64.2 Å². The predicted octanol–water partition coefficient (Wildman–Crippen LogP) is 6.78. The lowest BCUT2D eigenvalue weighted by Gasteiger charge is -2.47. The summed E-state index contributed by atoms with van der Waals surface area (Å²) in [5.41, 5.74) is 5.72. The molecule has 224 valence electrons. The molecule has 5 nitrogen and oxygen atoms in total. The summed E-state index contributed by atoms with van der Waals surface area (Å²) in [5, 5.41) is 0. The number of rotatable bonds is 3. The van der Waals surface area contributed by atoms with Gasteiger partial charge in [-0.05, 0) is 81.6 Å². The van der Waals surface area contributed by atoms with E-state index in [4.69, 9.17) is 11.5 Å². The van der Waals surface area contributed by atoms with Crippen LogP contribution in [0.1, 0.15) is 68.0 Å². The molecule has 0 aromatic heterocycles. The monoisotopic (exact) mass is 587 g/mol. The number of halogens is 9. The molecule has 3 unspecified atom stereocenters. The molecule has 0 radical (unpaired) electrons. The highest BCUT2D eigenvalue weighted by Crippen LogP contribution is 2.48. The zero-order valence-corrected chi connectivity index (χ0v) is 22.2. The summed E-state index contributed by atoms with van der Waals surface area (Å²) >= 11 is 0. The van der Waals surface area contributed by atoms with Gasteiger partial charge in [-0.15, -0.1) is 0 Å². The second kappa shape index (κ2) is 11.1. The molecule has 0 bridgehead atoms. The second-order valence-electron chi connectivity index (χ2n) is 10.6. The molecule has 0 fully saturated rings. The lowest BCUT2D eigenvalue weighted by atomic mass is 9.72. The summed E-state index contributed by atoms with van der Waals surface area (Å²) in [7, 11) is 1.59. The average molecular weight is 588 g/mol. The molecular formula is C26H30F9N3O2. The van der Waals surface area contributed by atoms with Crippen LogP contribution < -0.4 is 16.4 Å². The Hall–Kier alpha value is -3.00. The van der Waals surface area contributed by atoms with Crippen LogP contribution in [0.2, 0.25) is 0 Å². The molecule has 2 aromatic rings. The van der Waals surface area contributed by atoms with Gasteiger partial charge in [0.25, 0.3) is 6.47 Å². The standard InChI is InChI=1S/C21H20F9N3.C5H10O2/c1-10-9-18(32,15-8-12(19(22,23)24)3-4-16(15)33(10)2)17(31)11-5-13(20(25,26)27)7-14(6-11)21(28,29)30;1-5(2,3)7-4-6/h3-8,10,17H,9,31-32H2,1-2H3;4H,1-3H3. The maximum absolute atomic E-state index is 13.3. The molecule has 14 heteroatoms. The highest BCUT2D eigenvalue weighted by molar-refractivity contribution is 5.62. The van der Waals surface area contributed by atoms with E-state index in [0.29, 0.717) is 18.6 Å². The lowest BCUT2D eigenvalue weighted by Crippen LogP contribution is -2.55. The topological polar surface area (TPSA) is 81.6 Å². The average Bonchev–Trinajstić information content (AvgIpc) is 2.79. The molecule has 1 aliphatic heterocycles. The van der Waals surface area contributed by atoms with Crippen LogP contribution in [0.4, 0.5) is 45.2 Å². The Labute approximate surface area is 225 Å². The molecule has 0 saturated heterocycles. The van der Waals surface area contributed by atoms with Crippen molar-refractivity contribution < 1.29 is 49.0 Å². The van der Waals surface area contributed by atoms with Crippen molar-refractivity contribution in [3.8, 4) is 0 Å². The summed E-state index contributed by atoms with van der Waals surface area (Å²) in [6, 6.07) is 1.50. The van der Waals surface area contributed by atoms with Crippen LogP contribution >= 0.6 is 0 Å². The summed E-state index contributed by atoms with van der Waals surface area (Å²) < 4.78 is 124. The number of benzene rings is 2. The maximum atomic E-state index is 13.3. The number of nitrogens with two attached hydrogens (primary N) is 2. The number of nitrogens with zero attached hydrogens (tertiary/aromatic N) is 1. The Morgan fingerprint density at radius 2 is 1.38 bits per heavy atom. The SMILES string of the molecule is CC(C)(C)OC=O.CC1CC(N)(C(N)c2cc(C(F)(F)F)cc(C(F)(F)F)c2)c2cc(C(F)(F)F)ccc2N1C. The van der Waals surface area contributed by atoms with Crippen LogP contribution in [0.5, 0.6) is 0 Å². The first-order valence-corrected chi connectivity index (χ1v) is 11.8. The number of carbonyl (C=O) groups is 1. The quantitative estimate of drug-likeness (QED) is 0.306. The van der Waals surface area contributed by atoms with E-state index < -0.39 is 58.4 Å². The second-order valence-corrected chi connectivity index (χ2v) is 10.6. The zero-order chi connectivity index (χ0) is 31.1. The molecule has 0 saturated carbocycles. The smallest absolute Gasteiger partial charge is 0.416 e. The van der Waals surface area contributed by atoms with Crippen molar-refractivity contribution in [1.82, 2.24) is 0 Å². The van der Waals surface area contributed by atoms with Gasteiger partial charge in [-0.25, -0.2) is 0 Å². The Morgan fingerprint density at radius 3 is 1.75 bits per heavy atom. The van der Waals surface area contributed by atoms with E-state index in [9.17, 15) is 44.3 Å². The third-order valence-electron chi connectivity index (χ3n) is 6.43. The van der Waals surface area contributed by atoms with Gasteiger partial charge >= 0.3 is 18.5 Å². The normalized spacial score (nSPS) is 20.7. The van der Waals surface area contributed by atoms with E-state index in [1.807, 2.05) is 20.8 Å². The fraction of sp³-hybridized carbons (Fsp3) is 0.500. The van der Waals surface area contributed by atoms with Crippen LogP contribution in [-0.2, 0) is 33.6 Å². The number of ether oxygens (including phenoxy) is 1. The van der Waals surface area contributed by atoms with E-state index in [0.717, 1.165) is 18.2 Å².